The Bertz CT molecular complexity index is 992. The van der Waals surface area contributed by atoms with Gasteiger partial charge in [-0.2, -0.15) is 0 Å². The summed E-state index contributed by atoms with van der Waals surface area (Å²) in [5, 5.41) is 0. The third-order valence-electron chi connectivity index (χ3n) is 12.8. The molecule has 0 aromatic carbocycles. The summed E-state index contributed by atoms with van der Waals surface area (Å²) >= 11 is 0. The van der Waals surface area contributed by atoms with Gasteiger partial charge in [-0.15, -0.1) is 0 Å². The number of unbranched alkanes of at least 4 members (excludes halogenated alkanes) is 36. The van der Waals surface area contributed by atoms with Crippen molar-refractivity contribution in [1.29, 1.82) is 0 Å². The summed E-state index contributed by atoms with van der Waals surface area (Å²) in [4.78, 5) is 0. The van der Waals surface area contributed by atoms with Crippen LogP contribution in [0.5, 0.6) is 0 Å². The number of hydrogen-bond donors (Lipinski definition) is 0. The fourth-order valence-corrected chi connectivity index (χ4v) is 9.38. The molecule has 0 radical (unpaired) electrons. The van der Waals surface area contributed by atoms with Gasteiger partial charge in [-0.25, -0.2) is 16.8 Å². The van der Waals surface area contributed by atoms with Crippen LogP contribution in [0.1, 0.15) is 310 Å². The van der Waals surface area contributed by atoms with E-state index in [9.17, 15) is 25.9 Å². The number of rotatable bonds is 50. The summed E-state index contributed by atoms with van der Waals surface area (Å²) in [5.74, 6) is 0.402. The second-order valence-electron chi connectivity index (χ2n) is 19.0. The molecule has 0 heterocycles. The minimum atomic E-state index is -4.57. The molecule has 0 saturated heterocycles. The van der Waals surface area contributed by atoms with Crippen LogP contribution in [0.4, 0.5) is 0 Å². The van der Waals surface area contributed by atoms with Gasteiger partial charge in [0.15, 0.2) is 0 Å². The Morgan fingerprint density at radius 2 is 0.429 bits per heavy atom. The third-order valence-corrected chi connectivity index (χ3v) is 13.6. The fraction of sp³-hybridized carbons (Fsp3) is 1.00. The average molecular weight is 964 g/mol. The molecule has 2 unspecified atom stereocenters. The standard InChI is InChI=1S/2C26H54O4S.Ca/c2*1-3-5-7-9-11-13-14-16-18-20-22-24-26(25-30-31(27,28)29)23-21-19-17-15-12-10-8-6-4-2;/h2*26H,3-25H2,1-2H3,(H,27,28,29);/q;;+2/p-2. The van der Waals surface area contributed by atoms with Gasteiger partial charge in [0.2, 0.25) is 20.8 Å². The van der Waals surface area contributed by atoms with Crippen LogP contribution in [0, 0.1) is 11.8 Å². The van der Waals surface area contributed by atoms with Crippen LogP contribution in [0.25, 0.3) is 0 Å². The topological polar surface area (TPSA) is 133 Å². The number of hydrogen-bond acceptors (Lipinski definition) is 8. The molecule has 0 bridgehead atoms. The molecule has 0 aliphatic carbocycles. The molecule has 0 saturated carbocycles. The van der Waals surface area contributed by atoms with Crippen molar-refractivity contribution in [3.8, 4) is 0 Å². The predicted molar refractivity (Wildman–Crippen MR) is 270 cm³/mol. The van der Waals surface area contributed by atoms with Crippen molar-refractivity contribution in [1.82, 2.24) is 0 Å². The van der Waals surface area contributed by atoms with E-state index in [1.54, 1.807) is 0 Å². The summed E-state index contributed by atoms with van der Waals surface area (Å²) in [6, 6.07) is 0. The monoisotopic (exact) mass is 963 g/mol. The van der Waals surface area contributed by atoms with E-state index >= 15 is 0 Å². The molecule has 2 atom stereocenters. The van der Waals surface area contributed by atoms with Crippen LogP contribution < -0.4 is 0 Å². The smallest absolute Gasteiger partial charge is 0.726 e. The van der Waals surface area contributed by atoms with Gasteiger partial charge in [-0.3, -0.25) is 8.37 Å². The zero-order chi connectivity index (χ0) is 46.1. The van der Waals surface area contributed by atoms with Crippen molar-refractivity contribution in [3.63, 3.8) is 0 Å². The molecule has 11 heteroatoms. The normalized spacial score (nSPS) is 12.8. The van der Waals surface area contributed by atoms with Gasteiger partial charge < -0.3 is 9.11 Å². The van der Waals surface area contributed by atoms with Gasteiger partial charge in [0.1, 0.15) is 0 Å². The van der Waals surface area contributed by atoms with Crippen molar-refractivity contribution < 1.29 is 34.3 Å². The molecule has 0 aliphatic rings. The molecule has 0 amide bonds. The van der Waals surface area contributed by atoms with Crippen molar-refractivity contribution in [2.75, 3.05) is 13.2 Å². The zero-order valence-electron chi connectivity index (χ0n) is 42.5. The van der Waals surface area contributed by atoms with Gasteiger partial charge in [0.05, 0.1) is 13.2 Å². The van der Waals surface area contributed by atoms with E-state index in [1.807, 2.05) is 0 Å². The van der Waals surface area contributed by atoms with E-state index in [0.717, 1.165) is 51.4 Å². The summed E-state index contributed by atoms with van der Waals surface area (Å²) < 4.78 is 74.2. The maximum atomic E-state index is 10.8. The molecule has 0 aromatic rings. The van der Waals surface area contributed by atoms with E-state index in [2.05, 4.69) is 36.1 Å². The first-order valence-electron chi connectivity index (χ1n) is 27.2. The summed E-state index contributed by atoms with van der Waals surface area (Å²) in [5.41, 5.74) is 0. The van der Waals surface area contributed by atoms with E-state index in [-0.39, 0.29) is 62.8 Å². The van der Waals surface area contributed by atoms with Crippen molar-refractivity contribution in [2.45, 2.75) is 310 Å². The minimum absolute atomic E-state index is 0. The molecule has 63 heavy (non-hydrogen) atoms. The molecule has 0 N–H and O–H groups in total. The molecular weight excluding hydrogens is 857 g/mol. The quantitative estimate of drug-likeness (QED) is 0.0255. The van der Waals surface area contributed by atoms with Crippen LogP contribution in [0.15, 0.2) is 0 Å². The Balaban J connectivity index is -0.00000112. The largest absolute Gasteiger partial charge is 2.00 e. The second kappa shape index (κ2) is 53.9. The average Bonchev–Trinajstić information content (AvgIpc) is 3.23. The minimum Gasteiger partial charge on any atom is -0.726 e. The van der Waals surface area contributed by atoms with Crippen molar-refractivity contribution in [3.05, 3.63) is 0 Å². The fourth-order valence-electron chi connectivity index (χ4n) is 8.66. The van der Waals surface area contributed by atoms with Gasteiger partial charge in [-0.1, -0.05) is 285 Å². The zero-order valence-corrected chi connectivity index (χ0v) is 46.3. The Morgan fingerprint density at radius 1 is 0.286 bits per heavy atom. The van der Waals surface area contributed by atoms with Crippen LogP contribution in [0.2, 0.25) is 0 Å². The first-order chi connectivity index (χ1) is 30.0. The van der Waals surface area contributed by atoms with E-state index in [4.69, 9.17) is 0 Å². The molecule has 376 valence electrons. The second-order valence-corrected chi connectivity index (χ2v) is 21.1. The summed E-state index contributed by atoms with van der Waals surface area (Å²) in [6.07, 6.45) is 55.9. The van der Waals surface area contributed by atoms with E-state index in [0.29, 0.717) is 0 Å². The SMILES string of the molecule is CCCCCCCCCCCCCC(CCCCCCCCCCC)COS(=O)(=O)[O-].CCCCCCCCCCCCCC(CCCCCCCCCCC)COS(=O)(=O)[O-].[Ca+2]. The van der Waals surface area contributed by atoms with Crippen molar-refractivity contribution >= 4 is 58.5 Å². The van der Waals surface area contributed by atoms with Crippen LogP contribution >= 0.6 is 0 Å². The van der Waals surface area contributed by atoms with Crippen molar-refractivity contribution in [2.24, 2.45) is 11.8 Å². The summed E-state index contributed by atoms with van der Waals surface area (Å²) in [7, 11) is -9.15. The Hall–Kier alpha value is 1.000. The first-order valence-corrected chi connectivity index (χ1v) is 29.9. The van der Waals surface area contributed by atoms with Gasteiger partial charge in [-0.05, 0) is 37.5 Å². The van der Waals surface area contributed by atoms with Gasteiger partial charge in [0.25, 0.3) is 0 Å². The Kier molecular flexibility index (Phi) is 58.5. The molecule has 8 nitrogen and oxygen atoms in total. The molecule has 0 aromatic heterocycles. The molecule has 0 aliphatic heterocycles. The van der Waals surface area contributed by atoms with Crippen LogP contribution in [0.3, 0.4) is 0 Å². The third kappa shape index (κ3) is 63.0. The molecule has 0 spiro atoms. The van der Waals surface area contributed by atoms with Gasteiger partial charge >= 0.3 is 37.7 Å². The van der Waals surface area contributed by atoms with Crippen LogP contribution in [-0.2, 0) is 29.2 Å². The maximum absolute atomic E-state index is 10.8. The van der Waals surface area contributed by atoms with Gasteiger partial charge in [0, 0.05) is 0 Å². The Morgan fingerprint density at radius 3 is 0.571 bits per heavy atom. The Labute approximate surface area is 424 Å². The predicted octanol–water partition coefficient (Wildman–Crippen LogP) is 17.0. The molecular formula is C52H106CaO8S2. The maximum Gasteiger partial charge on any atom is 2.00 e. The molecule has 0 fully saturated rings. The van der Waals surface area contributed by atoms with E-state index < -0.39 is 20.8 Å². The van der Waals surface area contributed by atoms with Crippen LogP contribution in [-0.4, -0.2) is 76.9 Å². The van der Waals surface area contributed by atoms with E-state index in [1.165, 1.54) is 231 Å². The first kappa shape index (κ1) is 68.3. The summed E-state index contributed by atoms with van der Waals surface area (Å²) in [6.45, 7) is 9.14. The molecule has 0 rings (SSSR count).